The number of rotatable bonds is 2. The first-order valence-corrected chi connectivity index (χ1v) is 5.43. The number of hydrogen-bond donors (Lipinski definition) is 0. The maximum atomic E-state index is 13.5. The second-order valence-electron chi connectivity index (χ2n) is 3.31. The first-order valence-electron chi connectivity index (χ1n) is 4.61. The molecule has 1 aromatic heterocycles. The molecule has 0 N–H and O–H groups in total. The van der Waals surface area contributed by atoms with E-state index in [0.29, 0.717) is 0 Å². The number of aromatic nitrogens is 2. The van der Waals surface area contributed by atoms with Gasteiger partial charge >= 0.3 is 0 Å². The second kappa shape index (κ2) is 4.58. The van der Waals surface area contributed by atoms with Gasteiger partial charge in [-0.3, -0.25) is 0 Å². The predicted octanol–water partition coefficient (Wildman–Crippen LogP) is 3.97. The Bertz CT molecular complexity index is 557. The molecule has 7 heteroatoms. The monoisotopic (exact) mass is 278 g/mol. The molecular formula is C10H6Cl2F2N2O. The van der Waals surface area contributed by atoms with Gasteiger partial charge in [-0.1, -0.05) is 11.6 Å². The Kier molecular flexibility index (Phi) is 3.31. The molecule has 0 fully saturated rings. The average Bonchev–Trinajstić information content (AvgIpc) is 2.72. The minimum Gasteiger partial charge on any atom is -0.419 e. The predicted molar refractivity (Wildman–Crippen MR) is 58.9 cm³/mol. The summed E-state index contributed by atoms with van der Waals surface area (Å²) in [5.74, 6) is -1.51. The molecule has 0 spiro atoms. The Morgan fingerprint density at radius 1 is 1.24 bits per heavy atom. The molecule has 0 radical (unpaired) electrons. The highest BCUT2D eigenvalue weighted by atomic mass is 35.5. The van der Waals surface area contributed by atoms with Crippen LogP contribution in [0.1, 0.15) is 18.2 Å². The van der Waals surface area contributed by atoms with Gasteiger partial charge in [-0.2, -0.15) is 0 Å². The molecule has 3 nitrogen and oxygen atoms in total. The fraction of sp³-hybridized carbons (Fsp3) is 0.200. The zero-order chi connectivity index (χ0) is 12.6. The summed E-state index contributed by atoms with van der Waals surface area (Å²) >= 11 is 11.1. The largest absolute Gasteiger partial charge is 0.419 e. The smallest absolute Gasteiger partial charge is 0.250 e. The third kappa shape index (κ3) is 2.40. The van der Waals surface area contributed by atoms with Gasteiger partial charge in [-0.05, 0) is 19.1 Å². The highest BCUT2D eigenvalue weighted by molar-refractivity contribution is 6.30. The van der Waals surface area contributed by atoms with Gasteiger partial charge in [-0.15, -0.1) is 21.8 Å². The maximum Gasteiger partial charge on any atom is 0.250 e. The molecule has 17 heavy (non-hydrogen) atoms. The number of nitrogens with zero attached hydrogens (tertiary/aromatic N) is 2. The summed E-state index contributed by atoms with van der Waals surface area (Å²) in [6.45, 7) is 1.62. The van der Waals surface area contributed by atoms with Crippen LogP contribution in [0.4, 0.5) is 8.78 Å². The third-order valence-corrected chi connectivity index (χ3v) is 2.50. The van der Waals surface area contributed by atoms with Crippen molar-refractivity contribution in [3.63, 3.8) is 0 Å². The average molecular weight is 279 g/mol. The van der Waals surface area contributed by atoms with Crippen LogP contribution in [-0.2, 0) is 0 Å². The van der Waals surface area contributed by atoms with Crippen molar-refractivity contribution in [2.75, 3.05) is 0 Å². The zero-order valence-electron chi connectivity index (χ0n) is 8.55. The van der Waals surface area contributed by atoms with Crippen LogP contribution in [0.15, 0.2) is 16.5 Å². The lowest BCUT2D eigenvalue weighted by Crippen LogP contribution is -1.88. The highest BCUT2D eigenvalue weighted by Gasteiger charge is 2.17. The zero-order valence-corrected chi connectivity index (χ0v) is 10.1. The Labute approximate surface area is 105 Å². The second-order valence-corrected chi connectivity index (χ2v) is 4.37. The first-order chi connectivity index (χ1) is 7.99. The summed E-state index contributed by atoms with van der Waals surface area (Å²) in [5, 5.41) is 6.39. The number of hydrogen-bond acceptors (Lipinski definition) is 3. The van der Waals surface area contributed by atoms with Crippen molar-refractivity contribution in [3.05, 3.63) is 34.7 Å². The van der Waals surface area contributed by atoms with Crippen LogP contribution in [0.5, 0.6) is 0 Å². The van der Waals surface area contributed by atoms with Crippen molar-refractivity contribution in [2.45, 2.75) is 12.3 Å². The molecule has 0 aliphatic carbocycles. The van der Waals surface area contributed by atoms with Gasteiger partial charge in [-0.25, -0.2) is 8.78 Å². The van der Waals surface area contributed by atoms with E-state index in [1.165, 1.54) is 0 Å². The van der Waals surface area contributed by atoms with Crippen molar-refractivity contribution >= 4 is 23.2 Å². The third-order valence-electron chi connectivity index (χ3n) is 2.02. The van der Waals surface area contributed by atoms with Crippen molar-refractivity contribution in [1.82, 2.24) is 10.2 Å². The fourth-order valence-electron chi connectivity index (χ4n) is 1.19. The van der Waals surface area contributed by atoms with E-state index in [0.717, 1.165) is 12.1 Å². The number of benzene rings is 1. The molecule has 1 atom stereocenters. The quantitative estimate of drug-likeness (QED) is 0.616. The lowest BCUT2D eigenvalue weighted by Gasteiger charge is -2.00. The summed E-state index contributed by atoms with van der Waals surface area (Å²) in [4.78, 5) is 0. The molecule has 2 rings (SSSR count). The molecule has 2 aromatic rings. The summed E-state index contributed by atoms with van der Waals surface area (Å²) in [6.07, 6.45) is 0. The van der Waals surface area contributed by atoms with E-state index in [9.17, 15) is 8.78 Å². The Hall–Kier alpha value is -1.20. The molecule has 0 amide bonds. The molecule has 0 bridgehead atoms. The lowest BCUT2D eigenvalue weighted by atomic mass is 10.2. The minimum atomic E-state index is -0.762. The van der Waals surface area contributed by atoms with Gasteiger partial charge in [0.1, 0.15) is 17.0 Å². The maximum absolute atomic E-state index is 13.5. The first kappa shape index (κ1) is 12.3. The molecule has 0 saturated carbocycles. The van der Waals surface area contributed by atoms with Crippen LogP contribution < -0.4 is 0 Å². The Morgan fingerprint density at radius 3 is 2.53 bits per heavy atom. The van der Waals surface area contributed by atoms with Crippen LogP contribution >= 0.6 is 23.2 Å². The Morgan fingerprint density at radius 2 is 1.94 bits per heavy atom. The van der Waals surface area contributed by atoms with E-state index in [4.69, 9.17) is 27.6 Å². The van der Waals surface area contributed by atoms with Crippen LogP contribution in [0, 0.1) is 11.6 Å². The molecule has 0 aliphatic heterocycles. The van der Waals surface area contributed by atoms with E-state index in [-0.39, 0.29) is 22.4 Å². The van der Waals surface area contributed by atoms with Crippen molar-refractivity contribution in [2.24, 2.45) is 0 Å². The molecule has 1 unspecified atom stereocenters. The van der Waals surface area contributed by atoms with Gasteiger partial charge in [0, 0.05) is 0 Å². The minimum absolute atomic E-state index is 0.136. The van der Waals surface area contributed by atoms with Gasteiger partial charge in [0.15, 0.2) is 0 Å². The lowest BCUT2D eigenvalue weighted by molar-refractivity contribution is 0.501. The molecule has 0 saturated heterocycles. The van der Waals surface area contributed by atoms with Crippen molar-refractivity contribution < 1.29 is 13.2 Å². The summed E-state index contributed by atoms with van der Waals surface area (Å²) in [5.41, 5.74) is -0.150. The molecular weight excluding hydrogens is 273 g/mol. The van der Waals surface area contributed by atoms with Gasteiger partial charge in [0.2, 0.25) is 5.89 Å². The summed E-state index contributed by atoms with van der Waals surface area (Å²) < 4.78 is 31.8. The van der Waals surface area contributed by atoms with Gasteiger partial charge < -0.3 is 4.42 Å². The van der Waals surface area contributed by atoms with Gasteiger partial charge in [0.05, 0.1) is 10.6 Å². The van der Waals surface area contributed by atoms with Gasteiger partial charge in [0.25, 0.3) is 5.89 Å². The standard InChI is InChI=1S/C10H6Cl2F2N2O/c1-4(11)9-15-16-10(17-9)5-2-8(14)6(12)3-7(5)13/h2-4H,1H3. The SMILES string of the molecule is CC(Cl)c1nnc(-c2cc(F)c(Cl)cc2F)o1. The van der Waals surface area contributed by atoms with Crippen molar-refractivity contribution in [1.29, 1.82) is 0 Å². The number of halogens is 4. The fourth-order valence-corrected chi connectivity index (χ4v) is 1.43. The van der Waals surface area contributed by atoms with E-state index in [1.54, 1.807) is 6.92 Å². The molecule has 90 valence electrons. The Balaban J connectivity index is 2.49. The topological polar surface area (TPSA) is 38.9 Å². The molecule has 1 aromatic carbocycles. The summed E-state index contributed by atoms with van der Waals surface area (Å²) in [6, 6.07) is 1.74. The number of alkyl halides is 1. The van der Waals surface area contributed by atoms with E-state index < -0.39 is 17.0 Å². The van der Waals surface area contributed by atoms with Crippen LogP contribution in [0.25, 0.3) is 11.5 Å². The molecule has 1 heterocycles. The summed E-state index contributed by atoms with van der Waals surface area (Å²) in [7, 11) is 0. The van der Waals surface area contributed by atoms with Crippen molar-refractivity contribution in [3.8, 4) is 11.5 Å². The van der Waals surface area contributed by atoms with Crippen LogP contribution in [0.2, 0.25) is 5.02 Å². The van der Waals surface area contributed by atoms with Crippen LogP contribution in [0.3, 0.4) is 0 Å². The highest BCUT2D eigenvalue weighted by Crippen LogP contribution is 2.28. The van der Waals surface area contributed by atoms with Crippen LogP contribution in [-0.4, -0.2) is 10.2 Å². The van der Waals surface area contributed by atoms with E-state index in [2.05, 4.69) is 10.2 Å². The molecule has 0 aliphatic rings. The van der Waals surface area contributed by atoms with E-state index >= 15 is 0 Å². The normalized spacial score (nSPS) is 12.8. The van der Waals surface area contributed by atoms with E-state index in [1.807, 2.05) is 0 Å².